The van der Waals surface area contributed by atoms with Crippen molar-refractivity contribution in [3.05, 3.63) is 110 Å². The Kier molecular flexibility index (Phi) is 9.96. The first-order chi connectivity index (χ1) is 23.5. The maximum Gasteiger partial charge on any atom is 0.416 e. The maximum atomic E-state index is 14.0. The number of halogens is 4. The number of amides is 3. The van der Waals surface area contributed by atoms with Crippen molar-refractivity contribution in [1.29, 1.82) is 0 Å². The highest BCUT2D eigenvalue weighted by Gasteiger charge is 2.33. The van der Waals surface area contributed by atoms with Crippen LogP contribution >= 0.6 is 11.6 Å². The Bertz CT molecular complexity index is 1920. The molecule has 2 aliphatic rings. The normalized spacial score (nSPS) is 16.2. The van der Waals surface area contributed by atoms with Gasteiger partial charge >= 0.3 is 6.18 Å². The standard InChI is InChI=1S/C36H34ClF3N4O5/c37-26-11-8-23(9-12-26)19-28(41-34(47)32-21-30(45)27-20-25(36(38,39)40)10-13-31(27)49-32)35(48)43-17-15-42(16-18-43)29-6-2-1-5-24(29)22-44-14-4-3-7-33(44)46/h1-2,5-6,8-13,20-21,28H,3-4,7,14-19,22H2,(H,41,47). The zero-order chi connectivity index (χ0) is 34.7. The van der Waals surface area contributed by atoms with Crippen molar-refractivity contribution in [3.63, 3.8) is 0 Å². The molecule has 4 aromatic rings. The number of rotatable bonds is 8. The van der Waals surface area contributed by atoms with Gasteiger partial charge in [-0.25, -0.2) is 0 Å². The summed E-state index contributed by atoms with van der Waals surface area (Å²) < 4.78 is 45.1. The third-order valence-corrected chi connectivity index (χ3v) is 9.19. The van der Waals surface area contributed by atoms with Gasteiger partial charge in [-0.1, -0.05) is 41.9 Å². The van der Waals surface area contributed by atoms with Crippen LogP contribution in [0.2, 0.25) is 5.02 Å². The molecule has 0 saturated carbocycles. The molecule has 0 bridgehead atoms. The van der Waals surface area contributed by atoms with E-state index in [0.717, 1.165) is 54.4 Å². The number of anilines is 1. The molecule has 0 aliphatic carbocycles. The van der Waals surface area contributed by atoms with Crippen molar-refractivity contribution in [1.82, 2.24) is 15.1 Å². The highest BCUT2D eigenvalue weighted by Crippen LogP contribution is 2.31. The first-order valence-electron chi connectivity index (χ1n) is 16.1. The van der Waals surface area contributed by atoms with Crippen LogP contribution in [0.5, 0.6) is 0 Å². The summed E-state index contributed by atoms with van der Waals surface area (Å²) in [5, 5.41) is 2.88. The largest absolute Gasteiger partial charge is 0.451 e. The lowest BCUT2D eigenvalue weighted by Gasteiger charge is -2.39. The number of piperidine rings is 1. The van der Waals surface area contributed by atoms with Crippen LogP contribution in [0.4, 0.5) is 18.9 Å². The summed E-state index contributed by atoms with van der Waals surface area (Å²) in [4.78, 5) is 58.4. The molecule has 13 heteroatoms. The lowest BCUT2D eigenvalue weighted by molar-refractivity contribution is -0.137. The number of para-hydroxylation sites is 1. The van der Waals surface area contributed by atoms with Gasteiger partial charge in [-0.15, -0.1) is 0 Å². The lowest BCUT2D eigenvalue weighted by atomic mass is 10.0. The quantitative estimate of drug-likeness (QED) is 0.255. The van der Waals surface area contributed by atoms with Crippen LogP contribution in [0.1, 0.15) is 46.5 Å². The van der Waals surface area contributed by atoms with Crippen molar-refractivity contribution in [2.45, 2.75) is 44.4 Å². The smallest absolute Gasteiger partial charge is 0.416 e. The van der Waals surface area contributed by atoms with Gasteiger partial charge in [-0.3, -0.25) is 19.2 Å². The monoisotopic (exact) mass is 694 g/mol. The first kappa shape index (κ1) is 34.0. The van der Waals surface area contributed by atoms with E-state index >= 15 is 0 Å². The van der Waals surface area contributed by atoms with Gasteiger partial charge in [0.15, 0.2) is 11.2 Å². The Hall–Kier alpha value is -4.84. The summed E-state index contributed by atoms with van der Waals surface area (Å²) >= 11 is 6.06. The molecule has 3 heterocycles. The molecular formula is C36H34ClF3N4O5. The van der Waals surface area contributed by atoms with Gasteiger partial charge in [0.1, 0.15) is 11.6 Å². The first-order valence-corrected chi connectivity index (χ1v) is 16.4. The topological polar surface area (TPSA) is 103 Å². The second-order valence-corrected chi connectivity index (χ2v) is 12.7. The van der Waals surface area contributed by atoms with Gasteiger partial charge < -0.3 is 24.4 Å². The molecule has 1 atom stereocenters. The number of piperazine rings is 1. The van der Waals surface area contributed by atoms with Crippen LogP contribution in [-0.4, -0.2) is 66.3 Å². The molecule has 0 spiro atoms. The van der Waals surface area contributed by atoms with Crippen LogP contribution in [-0.2, 0) is 28.7 Å². The highest BCUT2D eigenvalue weighted by atomic mass is 35.5. The van der Waals surface area contributed by atoms with E-state index in [0.29, 0.717) is 50.2 Å². The van der Waals surface area contributed by atoms with E-state index in [4.69, 9.17) is 16.0 Å². The number of carbonyl (C=O) groups is 3. The van der Waals surface area contributed by atoms with Gasteiger partial charge in [0, 0.05) is 68.9 Å². The summed E-state index contributed by atoms with van der Waals surface area (Å²) in [7, 11) is 0. The molecule has 6 rings (SSSR count). The fourth-order valence-corrected chi connectivity index (χ4v) is 6.43. The summed E-state index contributed by atoms with van der Waals surface area (Å²) in [5.74, 6) is -1.47. The molecule has 3 amide bonds. The molecule has 1 unspecified atom stereocenters. The zero-order valence-electron chi connectivity index (χ0n) is 26.5. The highest BCUT2D eigenvalue weighted by molar-refractivity contribution is 6.30. The summed E-state index contributed by atoms with van der Waals surface area (Å²) in [6.07, 6.45) is -2.09. The molecule has 9 nitrogen and oxygen atoms in total. The van der Waals surface area contributed by atoms with Crippen LogP contribution < -0.4 is 15.6 Å². The molecule has 256 valence electrons. The molecule has 2 saturated heterocycles. The Labute approximate surface area is 285 Å². The number of nitrogens with zero attached hydrogens (tertiary/aromatic N) is 3. The minimum Gasteiger partial charge on any atom is -0.451 e. The third kappa shape index (κ3) is 7.91. The van der Waals surface area contributed by atoms with Crippen molar-refractivity contribution < 1.29 is 32.0 Å². The minimum atomic E-state index is -4.66. The SMILES string of the molecule is O=C(NC(Cc1ccc(Cl)cc1)C(=O)N1CCN(c2ccccc2CN2CCCCC2=O)CC1)c1cc(=O)c2cc(C(F)(F)F)ccc2o1. The predicted octanol–water partition coefficient (Wildman–Crippen LogP) is 5.67. The molecule has 2 fully saturated rings. The van der Waals surface area contributed by atoms with E-state index < -0.39 is 34.9 Å². The van der Waals surface area contributed by atoms with Gasteiger partial charge in [-0.2, -0.15) is 13.2 Å². The number of benzene rings is 3. The van der Waals surface area contributed by atoms with E-state index in [1.54, 1.807) is 29.2 Å². The number of likely N-dealkylation sites (tertiary alicyclic amines) is 1. The van der Waals surface area contributed by atoms with Gasteiger partial charge in [0.2, 0.25) is 11.8 Å². The predicted molar refractivity (Wildman–Crippen MR) is 178 cm³/mol. The Morgan fingerprint density at radius 2 is 1.63 bits per heavy atom. The molecule has 49 heavy (non-hydrogen) atoms. The lowest BCUT2D eigenvalue weighted by Crippen LogP contribution is -2.55. The van der Waals surface area contributed by atoms with Gasteiger partial charge in [-0.05, 0) is 60.4 Å². The summed E-state index contributed by atoms with van der Waals surface area (Å²) in [6, 6.07) is 17.0. The molecule has 1 aromatic heterocycles. The van der Waals surface area contributed by atoms with Crippen molar-refractivity contribution in [3.8, 4) is 0 Å². The van der Waals surface area contributed by atoms with E-state index in [-0.39, 0.29) is 29.2 Å². The Morgan fingerprint density at radius 3 is 2.35 bits per heavy atom. The molecule has 0 radical (unpaired) electrons. The molecule has 1 N–H and O–H groups in total. The van der Waals surface area contributed by atoms with E-state index in [1.807, 2.05) is 29.2 Å². The Morgan fingerprint density at radius 1 is 0.898 bits per heavy atom. The second-order valence-electron chi connectivity index (χ2n) is 12.3. The summed E-state index contributed by atoms with van der Waals surface area (Å²) in [5.41, 5.74) is 0.748. The molecule has 3 aromatic carbocycles. The van der Waals surface area contributed by atoms with Gasteiger partial charge in [0.05, 0.1) is 10.9 Å². The second kappa shape index (κ2) is 14.3. The van der Waals surface area contributed by atoms with E-state index in [2.05, 4.69) is 10.2 Å². The maximum absolute atomic E-state index is 14.0. The fourth-order valence-electron chi connectivity index (χ4n) is 6.31. The molecular weight excluding hydrogens is 661 g/mol. The van der Waals surface area contributed by atoms with Crippen LogP contribution in [0, 0.1) is 0 Å². The average Bonchev–Trinajstić information content (AvgIpc) is 3.09. The summed E-state index contributed by atoms with van der Waals surface area (Å²) in [6.45, 7) is 3.05. The van der Waals surface area contributed by atoms with Crippen molar-refractivity contribution in [2.24, 2.45) is 0 Å². The number of hydrogen-bond donors (Lipinski definition) is 1. The zero-order valence-corrected chi connectivity index (χ0v) is 27.2. The van der Waals surface area contributed by atoms with Crippen molar-refractivity contribution in [2.75, 3.05) is 37.6 Å². The number of nitrogens with one attached hydrogen (secondary N) is 1. The Balaban J connectivity index is 1.18. The van der Waals surface area contributed by atoms with Gasteiger partial charge in [0.25, 0.3) is 5.91 Å². The molecule has 2 aliphatic heterocycles. The number of fused-ring (bicyclic) bond motifs is 1. The number of alkyl halides is 3. The van der Waals surface area contributed by atoms with Crippen LogP contribution in [0.3, 0.4) is 0 Å². The number of carbonyl (C=O) groups excluding carboxylic acids is 3. The van der Waals surface area contributed by atoms with Crippen LogP contribution in [0.25, 0.3) is 11.0 Å². The average molecular weight is 695 g/mol. The third-order valence-electron chi connectivity index (χ3n) is 8.94. The van der Waals surface area contributed by atoms with E-state index in [9.17, 15) is 32.3 Å². The van der Waals surface area contributed by atoms with Crippen molar-refractivity contribution >= 4 is 46.0 Å². The van der Waals surface area contributed by atoms with Crippen LogP contribution in [0.15, 0.2) is 82.0 Å². The fraction of sp³-hybridized carbons (Fsp3) is 0.333. The minimum absolute atomic E-state index is 0.113. The van der Waals surface area contributed by atoms with E-state index in [1.165, 1.54) is 0 Å². The number of hydrogen-bond acceptors (Lipinski definition) is 6.